The average molecular weight is 322 g/mol. The number of methoxy groups -OCH3 is 1. The maximum absolute atomic E-state index is 5.82. The summed E-state index contributed by atoms with van der Waals surface area (Å²) in [5, 5.41) is 0. The quantitative estimate of drug-likeness (QED) is 0.916. The van der Waals surface area contributed by atoms with Crippen molar-refractivity contribution in [3.63, 3.8) is 0 Å². The normalized spacial score (nSPS) is 10.3. The van der Waals surface area contributed by atoms with Crippen LogP contribution in [0.25, 0.3) is 0 Å². The van der Waals surface area contributed by atoms with Crippen LogP contribution in [0.5, 0.6) is 11.5 Å². The van der Waals surface area contributed by atoms with Gasteiger partial charge in [0.05, 0.1) is 7.11 Å². The van der Waals surface area contributed by atoms with Crippen LogP contribution in [0.2, 0.25) is 0 Å². The fourth-order valence-corrected chi connectivity index (χ4v) is 2.05. The van der Waals surface area contributed by atoms with E-state index in [-0.39, 0.29) is 0 Å². The van der Waals surface area contributed by atoms with Crippen molar-refractivity contribution >= 4 is 15.9 Å². The molecule has 0 radical (unpaired) electrons. The molecule has 19 heavy (non-hydrogen) atoms. The highest BCUT2D eigenvalue weighted by Crippen LogP contribution is 2.24. The molecular formula is C15H16BrNO2. The van der Waals surface area contributed by atoms with Crippen LogP contribution in [-0.4, -0.2) is 7.11 Å². The van der Waals surface area contributed by atoms with E-state index < -0.39 is 0 Å². The molecule has 0 atom stereocenters. The van der Waals surface area contributed by atoms with Gasteiger partial charge in [0.15, 0.2) is 0 Å². The number of benzene rings is 2. The lowest BCUT2D eigenvalue weighted by Crippen LogP contribution is -2.02. The van der Waals surface area contributed by atoms with Crippen molar-refractivity contribution in [1.29, 1.82) is 0 Å². The molecule has 0 fully saturated rings. The lowest BCUT2D eigenvalue weighted by Gasteiger charge is -2.11. The molecule has 0 aliphatic heterocycles. The van der Waals surface area contributed by atoms with E-state index >= 15 is 0 Å². The molecular weight excluding hydrogens is 306 g/mol. The molecule has 0 aromatic heterocycles. The van der Waals surface area contributed by atoms with Crippen LogP contribution >= 0.6 is 15.9 Å². The van der Waals surface area contributed by atoms with Gasteiger partial charge in [-0.25, -0.2) is 0 Å². The van der Waals surface area contributed by atoms with E-state index in [1.54, 1.807) is 7.11 Å². The van der Waals surface area contributed by atoms with Crippen molar-refractivity contribution in [1.82, 2.24) is 0 Å². The summed E-state index contributed by atoms with van der Waals surface area (Å²) in [6.45, 7) is 0.971. The Labute approximate surface area is 121 Å². The van der Waals surface area contributed by atoms with Gasteiger partial charge < -0.3 is 15.2 Å². The third-order valence-electron chi connectivity index (χ3n) is 2.80. The van der Waals surface area contributed by atoms with Gasteiger partial charge in [-0.3, -0.25) is 0 Å². The Kier molecular flexibility index (Phi) is 4.82. The first-order chi connectivity index (χ1) is 9.22. The van der Waals surface area contributed by atoms with Gasteiger partial charge in [-0.1, -0.05) is 34.1 Å². The molecule has 2 rings (SSSR count). The van der Waals surface area contributed by atoms with Crippen molar-refractivity contribution in [3.8, 4) is 11.5 Å². The highest BCUT2D eigenvalue weighted by atomic mass is 79.9. The summed E-state index contributed by atoms with van der Waals surface area (Å²) in [5.74, 6) is 1.65. The van der Waals surface area contributed by atoms with Crippen molar-refractivity contribution < 1.29 is 9.47 Å². The monoisotopic (exact) mass is 321 g/mol. The fourth-order valence-electron chi connectivity index (χ4n) is 1.71. The molecule has 100 valence electrons. The van der Waals surface area contributed by atoms with Gasteiger partial charge in [0.1, 0.15) is 18.1 Å². The maximum atomic E-state index is 5.82. The van der Waals surface area contributed by atoms with Gasteiger partial charge in [0, 0.05) is 16.6 Å². The molecule has 2 aromatic rings. The lowest BCUT2D eigenvalue weighted by molar-refractivity contribution is 0.302. The summed E-state index contributed by atoms with van der Waals surface area (Å²) < 4.78 is 11.9. The van der Waals surface area contributed by atoms with E-state index in [2.05, 4.69) is 15.9 Å². The zero-order valence-corrected chi connectivity index (χ0v) is 12.3. The Balaban J connectivity index is 2.07. The number of rotatable bonds is 5. The van der Waals surface area contributed by atoms with Crippen LogP contribution in [0.4, 0.5) is 0 Å². The first-order valence-electron chi connectivity index (χ1n) is 5.97. The smallest absolute Gasteiger partial charge is 0.125 e. The lowest BCUT2D eigenvalue weighted by atomic mass is 10.2. The molecule has 0 heterocycles. The van der Waals surface area contributed by atoms with Crippen LogP contribution in [0.15, 0.2) is 46.9 Å². The standard InChI is InChI=1S/C15H16BrNO2/c1-18-14-6-2-11(3-7-14)10-19-15-8-13(16)5-4-12(15)9-17/h2-8H,9-10,17H2,1H3. The summed E-state index contributed by atoms with van der Waals surface area (Å²) in [5.41, 5.74) is 7.78. The summed E-state index contributed by atoms with van der Waals surface area (Å²) in [6, 6.07) is 13.7. The van der Waals surface area contributed by atoms with E-state index in [0.29, 0.717) is 13.2 Å². The van der Waals surface area contributed by atoms with Crippen LogP contribution in [-0.2, 0) is 13.2 Å². The third-order valence-corrected chi connectivity index (χ3v) is 3.30. The molecule has 0 unspecified atom stereocenters. The molecule has 2 aromatic carbocycles. The molecule has 0 aliphatic rings. The largest absolute Gasteiger partial charge is 0.497 e. The van der Waals surface area contributed by atoms with Crippen LogP contribution < -0.4 is 15.2 Å². The molecule has 0 spiro atoms. The van der Waals surface area contributed by atoms with Gasteiger partial charge >= 0.3 is 0 Å². The Hall–Kier alpha value is -1.52. The second-order valence-corrected chi connectivity index (χ2v) is 5.01. The third kappa shape index (κ3) is 3.72. The number of halogens is 1. The van der Waals surface area contributed by atoms with Crippen LogP contribution in [0, 0.1) is 0 Å². The molecule has 0 saturated heterocycles. The van der Waals surface area contributed by atoms with Crippen molar-refractivity contribution in [3.05, 3.63) is 58.1 Å². The van der Waals surface area contributed by atoms with Crippen molar-refractivity contribution in [2.75, 3.05) is 7.11 Å². The highest BCUT2D eigenvalue weighted by Gasteiger charge is 2.04. The zero-order valence-electron chi connectivity index (χ0n) is 10.7. The number of hydrogen-bond donors (Lipinski definition) is 1. The Bertz CT molecular complexity index is 540. The highest BCUT2D eigenvalue weighted by molar-refractivity contribution is 9.10. The molecule has 0 bridgehead atoms. The molecule has 0 amide bonds. The second-order valence-electron chi connectivity index (χ2n) is 4.09. The fraction of sp³-hybridized carbons (Fsp3) is 0.200. The van der Waals surface area contributed by atoms with Gasteiger partial charge in [0.25, 0.3) is 0 Å². The van der Waals surface area contributed by atoms with E-state index in [4.69, 9.17) is 15.2 Å². The van der Waals surface area contributed by atoms with Gasteiger partial charge in [-0.2, -0.15) is 0 Å². The van der Waals surface area contributed by atoms with E-state index in [0.717, 1.165) is 27.1 Å². The molecule has 4 heteroatoms. The van der Waals surface area contributed by atoms with Crippen molar-refractivity contribution in [2.24, 2.45) is 5.73 Å². The summed E-state index contributed by atoms with van der Waals surface area (Å²) in [7, 11) is 1.65. The SMILES string of the molecule is COc1ccc(COc2cc(Br)ccc2CN)cc1. The molecule has 0 aliphatic carbocycles. The van der Waals surface area contributed by atoms with Crippen molar-refractivity contribution in [2.45, 2.75) is 13.2 Å². The predicted molar refractivity (Wildman–Crippen MR) is 79.4 cm³/mol. The van der Waals surface area contributed by atoms with E-state index in [9.17, 15) is 0 Å². The molecule has 3 nitrogen and oxygen atoms in total. The number of ether oxygens (including phenoxy) is 2. The van der Waals surface area contributed by atoms with Gasteiger partial charge in [-0.15, -0.1) is 0 Å². The Morgan fingerprint density at radius 2 is 1.84 bits per heavy atom. The minimum atomic E-state index is 0.464. The summed E-state index contributed by atoms with van der Waals surface area (Å²) in [4.78, 5) is 0. The zero-order chi connectivity index (χ0) is 13.7. The summed E-state index contributed by atoms with van der Waals surface area (Å²) in [6.07, 6.45) is 0. The van der Waals surface area contributed by atoms with Crippen LogP contribution in [0.3, 0.4) is 0 Å². The first kappa shape index (κ1) is 13.9. The summed E-state index contributed by atoms with van der Waals surface area (Å²) >= 11 is 3.43. The average Bonchev–Trinajstić information content (AvgIpc) is 2.46. The first-order valence-corrected chi connectivity index (χ1v) is 6.76. The number of hydrogen-bond acceptors (Lipinski definition) is 3. The maximum Gasteiger partial charge on any atom is 0.125 e. The second kappa shape index (κ2) is 6.59. The Morgan fingerprint density at radius 3 is 2.47 bits per heavy atom. The topological polar surface area (TPSA) is 44.5 Å². The predicted octanol–water partition coefficient (Wildman–Crippen LogP) is 3.50. The molecule has 2 N–H and O–H groups in total. The van der Waals surface area contributed by atoms with Gasteiger partial charge in [-0.05, 0) is 29.8 Å². The minimum absolute atomic E-state index is 0.464. The van der Waals surface area contributed by atoms with Crippen LogP contribution in [0.1, 0.15) is 11.1 Å². The van der Waals surface area contributed by atoms with E-state index in [1.165, 1.54) is 0 Å². The molecule has 0 saturated carbocycles. The van der Waals surface area contributed by atoms with Gasteiger partial charge in [0.2, 0.25) is 0 Å². The number of nitrogens with two attached hydrogens (primary N) is 1. The minimum Gasteiger partial charge on any atom is -0.497 e. The van der Waals surface area contributed by atoms with E-state index in [1.807, 2.05) is 42.5 Å². The Morgan fingerprint density at radius 1 is 1.11 bits per heavy atom.